The quantitative estimate of drug-likeness (QED) is 0.377. The molecule has 0 saturated heterocycles. The monoisotopic (exact) mass is 389 g/mol. The molecule has 0 spiro atoms. The number of esters is 1. The second kappa shape index (κ2) is 8.63. The molecule has 26 heavy (non-hydrogen) atoms. The van der Waals surface area contributed by atoms with E-state index >= 15 is 0 Å². The molecule has 1 N–H and O–H groups in total. The number of aromatic nitrogens is 2. The van der Waals surface area contributed by atoms with Crippen molar-refractivity contribution in [3.8, 4) is 5.75 Å². The third-order valence-corrected chi connectivity index (χ3v) is 5.23. The van der Waals surface area contributed by atoms with E-state index in [1.807, 2.05) is 42.5 Å². The van der Waals surface area contributed by atoms with Crippen LogP contribution in [0.15, 0.2) is 46.8 Å². The van der Waals surface area contributed by atoms with E-state index in [4.69, 9.17) is 4.74 Å². The summed E-state index contributed by atoms with van der Waals surface area (Å²) in [5.41, 5.74) is 0. The summed E-state index contributed by atoms with van der Waals surface area (Å²) in [7, 11) is 1.32. The van der Waals surface area contributed by atoms with E-state index in [0.29, 0.717) is 15.2 Å². The Kier molecular flexibility index (Phi) is 6.03. The molecule has 0 unspecified atom stereocenters. The highest BCUT2D eigenvalue weighted by atomic mass is 32.2. The molecule has 0 aliphatic rings. The number of methoxy groups -OCH3 is 1. The highest BCUT2D eigenvalue weighted by Gasteiger charge is 2.11. The van der Waals surface area contributed by atoms with E-state index < -0.39 is 0 Å². The van der Waals surface area contributed by atoms with Crippen LogP contribution in [0.5, 0.6) is 5.75 Å². The number of hydrogen-bond donors (Lipinski definition) is 1. The first-order valence-corrected chi connectivity index (χ1v) is 9.39. The number of anilines is 1. The fraction of sp³-hybridized carbons (Fsp3) is 0.176. The molecule has 0 fully saturated rings. The van der Waals surface area contributed by atoms with Crippen molar-refractivity contribution in [3.05, 3.63) is 42.5 Å². The lowest BCUT2D eigenvalue weighted by molar-refractivity contribution is -0.137. The van der Waals surface area contributed by atoms with Crippen molar-refractivity contribution in [1.82, 2.24) is 10.2 Å². The maximum absolute atomic E-state index is 12.0. The molecule has 3 aromatic rings. The molecule has 0 bridgehead atoms. The highest BCUT2D eigenvalue weighted by molar-refractivity contribution is 8.01. The number of thioether (sulfide) groups is 1. The predicted octanol–water partition coefficient (Wildman–Crippen LogP) is 2.97. The number of nitrogens with one attached hydrogen (secondary N) is 1. The van der Waals surface area contributed by atoms with Crippen molar-refractivity contribution < 1.29 is 19.1 Å². The van der Waals surface area contributed by atoms with Crippen LogP contribution in [-0.4, -0.2) is 41.5 Å². The SMILES string of the molecule is COC(=O)CSc1nnc(NC(=O)COc2ccc3ccccc3c2)s1. The van der Waals surface area contributed by atoms with Gasteiger partial charge in [0.15, 0.2) is 10.9 Å². The lowest BCUT2D eigenvalue weighted by Crippen LogP contribution is -2.20. The van der Waals surface area contributed by atoms with Crippen molar-refractivity contribution in [1.29, 1.82) is 0 Å². The Balaban J connectivity index is 1.50. The van der Waals surface area contributed by atoms with Crippen molar-refractivity contribution in [3.63, 3.8) is 0 Å². The van der Waals surface area contributed by atoms with E-state index in [-0.39, 0.29) is 24.2 Å². The number of carbonyl (C=O) groups is 2. The zero-order valence-electron chi connectivity index (χ0n) is 13.8. The summed E-state index contributed by atoms with van der Waals surface area (Å²) in [5, 5.41) is 12.9. The van der Waals surface area contributed by atoms with Gasteiger partial charge < -0.3 is 9.47 Å². The first-order chi connectivity index (χ1) is 12.6. The zero-order valence-corrected chi connectivity index (χ0v) is 15.4. The fourth-order valence-corrected chi connectivity index (χ4v) is 3.66. The van der Waals surface area contributed by atoms with Gasteiger partial charge in [0, 0.05) is 0 Å². The van der Waals surface area contributed by atoms with Crippen LogP contribution in [0.4, 0.5) is 5.13 Å². The summed E-state index contributed by atoms with van der Waals surface area (Å²) in [6.07, 6.45) is 0. The van der Waals surface area contributed by atoms with Crippen LogP contribution in [0.25, 0.3) is 10.8 Å². The maximum atomic E-state index is 12.0. The number of amides is 1. The van der Waals surface area contributed by atoms with E-state index in [2.05, 4.69) is 20.3 Å². The summed E-state index contributed by atoms with van der Waals surface area (Å²) >= 11 is 2.38. The Morgan fingerprint density at radius 1 is 1.15 bits per heavy atom. The van der Waals surface area contributed by atoms with E-state index in [9.17, 15) is 9.59 Å². The third-order valence-electron chi connectivity index (χ3n) is 3.28. The Hall–Kier alpha value is -2.65. The largest absolute Gasteiger partial charge is 0.484 e. The van der Waals surface area contributed by atoms with Gasteiger partial charge in [0.2, 0.25) is 5.13 Å². The van der Waals surface area contributed by atoms with Gasteiger partial charge in [-0.05, 0) is 22.9 Å². The summed E-state index contributed by atoms with van der Waals surface area (Å²) in [6, 6.07) is 13.6. The number of ether oxygens (including phenoxy) is 2. The van der Waals surface area contributed by atoms with Crippen LogP contribution in [0, 0.1) is 0 Å². The molecule has 0 aliphatic heterocycles. The van der Waals surface area contributed by atoms with Gasteiger partial charge in [-0.2, -0.15) is 0 Å². The van der Waals surface area contributed by atoms with Gasteiger partial charge in [-0.25, -0.2) is 0 Å². The number of rotatable bonds is 7. The van der Waals surface area contributed by atoms with E-state index in [0.717, 1.165) is 10.8 Å². The van der Waals surface area contributed by atoms with Crippen LogP contribution in [-0.2, 0) is 14.3 Å². The summed E-state index contributed by atoms with van der Waals surface area (Å²) < 4.78 is 10.7. The molecule has 9 heteroatoms. The molecule has 0 aliphatic carbocycles. The Labute approximate surface area is 157 Å². The number of carbonyl (C=O) groups excluding carboxylic acids is 2. The first kappa shape index (κ1) is 18.2. The molecule has 3 rings (SSSR count). The van der Waals surface area contributed by atoms with Gasteiger partial charge in [-0.15, -0.1) is 10.2 Å². The second-order valence-corrected chi connectivity index (χ2v) is 7.28. The number of hydrogen-bond acceptors (Lipinski definition) is 8. The molecule has 134 valence electrons. The lowest BCUT2D eigenvalue weighted by Gasteiger charge is -2.06. The van der Waals surface area contributed by atoms with Crippen LogP contribution in [0.2, 0.25) is 0 Å². The van der Waals surface area contributed by atoms with Crippen molar-refractivity contribution >= 4 is 50.9 Å². The van der Waals surface area contributed by atoms with Crippen LogP contribution < -0.4 is 10.1 Å². The van der Waals surface area contributed by atoms with Crippen molar-refractivity contribution in [2.45, 2.75) is 4.34 Å². The minimum atomic E-state index is -0.348. The van der Waals surface area contributed by atoms with Crippen LogP contribution in [0.1, 0.15) is 0 Å². The van der Waals surface area contributed by atoms with E-state index in [1.54, 1.807) is 0 Å². The summed E-state index contributed by atoms with van der Waals surface area (Å²) in [6.45, 7) is -0.136. The summed E-state index contributed by atoms with van der Waals surface area (Å²) in [4.78, 5) is 23.1. The van der Waals surface area contributed by atoms with Crippen molar-refractivity contribution in [2.75, 3.05) is 24.8 Å². The Morgan fingerprint density at radius 3 is 2.77 bits per heavy atom. The second-order valence-electron chi connectivity index (χ2n) is 5.08. The predicted molar refractivity (Wildman–Crippen MR) is 101 cm³/mol. The molecule has 7 nitrogen and oxygen atoms in total. The molecular weight excluding hydrogens is 374 g/mol. The first-order valence-electron chi connectivity index (χ1n) is 7.58. The fourth-order valence-electron chi connectivity index (χ4n) is 2.06. The highest BCUT2D eigenvalue weighted by Crippen LogP contribution is 2.25. The Morgan fingerprint density at radius 2 is 1.96 bits per heavy atom. The van der Waals surface area contributed by atoms with Gasteiger partial charge in [-0.3, -0.25) is 14.9 Å². The van der Waals surface area contributed by atoms with Gasteiger partial charge in [0.05, 0.1) is 12.9 Å². The maximum Gasteiger partial charge on any atom is 0.316 e. The van der Waals surface area contributed by atoms with Gasteiger partial charge in [-0.1, -0.05) is 53.4 Å². The summed E-state index contributed by atoms with van der Waals surface area (Å²) in [5.74, 6) is 0.0771. The molecule has 1 aromatic heterocycles. The minimum Gasteiger partial charge on any atom is -0.484 e. The standard InChI is InChI=1S/C17H15N3O4S2/c1-23-15(22)10-25-17-20-19-16(26-17)18-14(21)9-24-13-7-6-11-4-2-3-5-12(11)8-13/h2-8H,9-10H2,1H3,(H,18,19,21). The molecule has 0 atom stereocenters. The average Bonchev–Trinajstić information content (AvgIpc) is 3.11. The van der Waals surface area contributed by atoms with Gasteiger partial charge >= 0.3 is 5.97 Å². The topological polar surface area (TPSA) is 90.4 Å². The average molecular weight is 389 g/mol. The minimum absolute atomic E-state index is 0.136. The molecule has 1 heterocycles. The third kappa shape index (κ3) is 4.93. The van der Waals surface area contributed by atoms with E-state index in [1.165, 1.54) is 30.2 Å². The number of fused-ring (bicyclic) bond motifs is 1. The lowest BCUT2D eigenvalue weighted by atomic mass is 10.1. The van der Waals surface area contributed by atoms with Crippen LogP contribution in [0.3, 0.4) is 0 Å². The number of benzene rings is 2. The molecule has 0 radical (unpaired) electrons. The smallest absolute Gasteiger partial charge is 0.316 e. The van der Waals surface area contributed by atoms with Gasteiger partial charge in [0.25, 0.3) is 5.91 Å². The van der Waals surface area contributed by atoms with Crippen LogP contribution >= 0.6 is 23.1 Å². The van der Waals surface area contributed by atoms with Crippen molar-refractivity contribution in [2.24, 2.45) is 0 Å². The van der Waals surface area contributed by atoms with Gasteiger partial charge in [0.1, 0.15) is 5.75 Å². The number of nitrogens with zero attached hydrogens (tertiary/aromatic N) is 2. The molecular formula is C17H15N3O4S2. The zero-order chi connectivity index (χ0) is 18.4. The molecule has 2 aromatic carbocycles. The molecule has 0 saturated carbocycles. The Bertz CT molecular complexity index is 929. The molecule has 1 amide bonds. The normalized spacial score (nSPS) is 10.5.